The van der Waals surface area contributed by atoms with Crippen molar-refractivity contribution in [1.82, 2.24) is 0 Å². The molecule has 0 bridgehead atoms. The zero-order chi connectivity index (χ0) is 13.0. The Labute approximate surface area is 105 Å². The number of esters is 1. The summed E-state index contributed by atoms with van der Waals surface area (Å²) < 4.78 is 14.9. The van der Waals surface area contributed by atoms with E-state index in [1.54, 1.807) is 18.2 Å². The molecule has 0 unspecified atom stereocenters. The second kappa shape index (κ2) is 5.53. The Hall–Kier alpha value is -2.04. The van der Waals surface area contributed by atoms with Crippen molar-refractivity contribution < 1.29 is 23.8 Å². The van der Waals surface area contributed by atoms with Crippen LogP contribution in [0.25, 0.3) is 0 Å². The molecule has 0 amide bonds. The van der Waals surface area contributed by atoms with E-state index in [4.69, 9.17) is 9.47 Å². The Bertz CT molecular complexity index is 466. The second-order valence-electron chi connectivity index (χ2n) is 3.92. The standard InChI is InChI=1S/C13H14O5/c1-16-13(15)4-2-3-10(14)9-5-6-11-12(7-9)18-8-17-11/h5-7H,2-4,8H2,1H3. The van der Waals surface area contributed by atoms with Crippen LogP contribution in [0.3, 0.4) is 0 Å². The number of rotatable bonds is 5. The first kappa shape index (κ1) is 12.4. The highest BCUT2D eigenvalue weighted by molar-refractivity contribution is 5.96. The van der Waals surface area contributed by atoms with Crippen molar-refractivity contribution in [2.45, 2.75) is 19.3 Å². The smallest absolute Gasteiger partial charge is 0.305 e. The lowest BCUT2D eigenvalue weighted by molar-refractivity contribution is -0.140. The molecule has 1 heterocycles. The fraction of sp³-hybridized carbons (Fsp3) is 0.385. The van der Waals surface area contributed by atoms with Crippen LogP contribution in [0.4, 0.5) is 0 Å². The quantitative estimate of drug-likeness (QED) is 0.590. The normalized spacial score (nSPS) is 12.3. The number of benzene rings is 1. The molecule has 2 rings (SSSR count). The molecule has 0 N–H and O–H groups in total. The third kappa shape index (κ3) is 2.80. The number of hydrogen-bond acceptors (Lipinski definition) is 5. The van der Waals surface area contributed by atoms with Crippen LogP contribution < -0.4 is 9.47 Å². The van der Waals surface area contributed by atoms with E-state index in [9.17, 15) is 9.59 Å². The van der Waals surface area contributed by atoms with Gasteiger partial charge >= 0.3 is 5.97 Å². The van der Waals surface area contributed by atoms with E-state index in [1.165, 1.54) is 7.11 Å². The molecular formula is C13H14O5. The summed E-state index contributed by atoms with van der Waals surface area (Å²) in [4.78, 5) is 22.8. The average Bonchev–Trinajstić information content (AvgIpc) is 2.85. The first-order chi connectivity index (χ1) is 8.70. The van der Waals surface area contributed by atoms with Crippen LogP contribution in [0.5, 0.6) is 11.5 Å². The molecular weight excluding hydrogens is 236 g/mol. The third-order valence-electron chi connectivity index (χ3n) is 2.71. The Morgan fingerprint density at radius 1 is 1.22 bits per heavy atom. The number of ether oxygens (including phenoxy) is 3. The predicted octanol–water partition coefficient (Wildman–Crippen LogP) is 1.94. The molecule has 0 saturated carbocycles. The van der Waals surface area contributed by atoms with Crippen LogP contribution in [0.15, 0.2) is 18.2 Å². The maximum Gasteiger partial charge on any atom is 0.305 e. The van der Waals surface area contributed by atoms with Gasteiger partial charge in [-0.25, -0.2) is 0 Å². The Balaban J connectivity index is 1.91. The van der Waals surface area contributed by atoms with Crippen molar-refractivity contribution in [2.24, 2.45) is 0 Å². The van der Waals surface area contributed by atoms with Gasteiger partial charge < -0.3 is 14.2 Å². The van der Waals surface area contributed by atoms with Crippen molar-refractivity contribution >= 4 is 11.8 Å². The van der Waals surface area contributed by atoms with Gasteiger partial charge in [-0.15, -0.1) is 0 Å². The van der Waals surface area contributed by atoms with Gasteiger partial charge in [0.25, 0.3) is 0 Å². The number of fused-ring (bicyclic) bond motifs is 1. The lowest BCUT2D eigenvalue weighted by Gasteiger charge is -2.02. The van der Waals surface area contributed by atoms with Crippen molar-refractivity contribution in [2.75, 3.05) is 13.9 Å². The minimum absolute atomic E-state index is 0.0165. The molecule has 0 fully saturated rings. The highest BCUT2D eigenvalue weighted by Gasteiger charge is 2.16. The number of carbonyl (C=O) groups is 2. The summed E-state index contributed by atoms with van der Waals surface area (Å²) >= 11 is 0. The van der Waals surface area contributed by atoms with Gasteiger partial charge in [0, 0.05) is 18.4 Å². The Kier molecular flexibility index (Phi) is 3.82. The van der Waals surface area contributed by atoms with E-state index in [2.05, 4.69) is 4.74 Å². The predicted molar refractivity (Wildman–Crippen MR) is 62.8 cm³/mol. The van der Waals surface area contributed by atoms with Gasteiger partial charge in [-0.3, -0.25) is 9.59 Å². The van der Waals surface area contributed by atoms with Gasteiger partial charge in [-0.1, -0.05) is 0 Å². The van der Waals surface area contributed by atoms with E-state index in [0.29, 0.717) is 29.9 Å². The first-order valence-corrected chi connectivity index (χ1v) is 5.70. The van der Waals surface area contributed by atoms with Crippen LogP contribution in [-0.4, -0.2) is 25.7 Å². The molecule has 0 saturated heterocycles. The molecule has 5 heteroatoms. The fourth-order valence-corrected chi connectivity index (χ4v) is 1.71. The first-order valence-electron chi connectivity index (χ1n) is 5.70. The second-order valence-corrected chi connectivity index (χ2v) is 3.92. The summed E-state index contributed by atoms with van der Waals surface area (Å²) in [6.07, 6.45) is 1.06. The number of methoxy groups -OCH3 is 1. The fourth-order valence-electron chi connectivity index (χ4n) is 1.71. The van der Waals surface area contributed by atoms with Crippen molar-refractivity contribution in [3.8, 4) is 11.5 Å². The number of carbonyl (C=O) groups excluding carboxylic acids is 2. The summed E-state index contributed by atoms with van der Waals surface area (Å²) in [5.41, 5.74) is 0.573. The zero-order valence-corrected chi connectivity index (χ0v) is 10.1. The third-order valence-corrected chi connectivity index (χ3v) is 2.71. The SMILES string of the molecule is COC(=O)CCCC(=O)c1ccc2c(c1)OCO2. The van der Waals surface area contributed by atoms with E-state index >= 15 is 0 Å². The monoisotopic (exact) mass is 250 g/mol. The van der Waals surface area contributed by atoms with Crippen molar-refractivity contribution in [3.63, 3.8) is 0 Å². The van der Waals surface area contributed by atoms with Gasteiger partial charge in [-0.2, -0.15) is 0 Å². The molecule has 1 aliphatic heterocycles. The minimum atomic E-state index is -0.298. The molecule has 1 aromatic carbocycles. The summed E-state index contributed by atoms with van der Waals surface area (Å²) in [7, 11) is 1.34. The number of ketones is 1. The van der Waals surface area contributed by atoms with Gasteiger partial charge in [0.05, 0.1) is 7.11 Å². The molecule has 18 heavy (non-hydrogen) atoms. The van der Waals surface area contributed by atoms with E-state index in [-0.39, 0.29) is 25.0 Å². The van der Waals surface area contributed by atoms with Gasteiger partial charge in [0.1, 0.15) is 0 Å². The highest BCUT2D eigenvalue weighted by Crippen LogP contribution is 2.32. The molecule has 0 spiro atoms. The number of hydrogen-bond donors (Lipinski definition) is 0. The summed E-state index contributed by atoms with van der Waals surface area (Å²) in [6, 6.07) is 5.09. The van der Waals surface area contributed by atoms with Crippen LogP contribution in [0, 0.1) is 0 Å². The maximum atomic E-state index is 11.9. The van der Waals surface area contributed by atoms with E-state index < -0.39 is 0 Å². The summed E-state index contributed by atoms with van der Waals surface area (Å²) in [5.74, 6) is 0.931. The van der Waals surface area contributed by atoms with E-state index in [0.717, 1.165) is 0 Å². The van der Waals surface area contributed by atoms with Crippen LogP contribution in [-0.2, 0) is 9.53 Å². The van der Waals surface area contributed by atoms with Crippen molar-refractivity contribution in [1.29, 1.82) is 0 Å². The molecule has 5 nitrogen and oxygen atoms in total. The zero-order valence-electron chi connectivity index (χ0n) is 10.1. The highest BCUT2D eigenvalue weighted by atomic mass is 16.7. The molecule has 1 aromatic rings. The molecule has 0 atom stereocenters. The maximum absolute atomic E-state index is 11.9. The molecule has 0 radical (unpaired) electrons. The van der Waals surface area contributed by atoms with E-state index in [1.807, 2.05) is 0 Å². The van der Waals surface area contributed by atoms with Crippen LogP contribution in [0.1, 0.15) is 29.6 Å². The summed E-state index contributed by atoms with van der Waals surface area (Å²) in [6.45, 7) is 0.190. The molecule has 1 aliphatic rings. The lowest BCUT2D eigenvalue weighted by Crippen LogP contribution is -2.03. The minimum Gasteiger partial charge on any atom is -0.469 e. The Morgan fingerprint density at radius 2 is 2.00 bits per heavy atom. The van der Waals surface area contributed by atoms with Crippen molar-refractivity contribution in [3.05, 3.63) is 23.8 Å². The molecule has 96 valence electrons. The topological polar surface area (TPSA) is 61.8 Å². The average molecular weight is 250 g/mol. The van der Waals surface area contributed by atoms with Gasteiger partial charge in [-0.05, 0) is 24.6 Å². The number of Topliss-reactive ketones (excluding diaryl/α,β-unsaturated/α-hetero) is 1. The van der Waals surface area contributed by atoms with Gasteiger partial charge in [0.2, 0.25) is 6.79 Å². The van der Waals surface area contributed by atoms with Crippen LogP contribution >= 0.6 is 0 Å². The summed E-state index contributed by atoms with van der Waals surface area (Å²) in [5, 5.41) is 0. The van der Waals surface area contributed by atoms with Crippen LogP contribution in [0.2, 0.25) is 0 Å². The van der Waals surface area contributed by atoms with Gasteiger partial charge in [0.15, 0.2) is 17.3 Å². The Morgan fingerprint density at radius 3 is 2.78 bits per heavy atom. The lowest BCUT2D eigenvalue weighted by atomic mass is 10.1. The molecule has 0 aromatic heterocycles. The molecule has 0 aliphatic carbocycles. The largest absolute Gasteiger partial charge is 0.469 e.